The molecule has 1 unspecified atom stereocenters. The summed E-state index contributed by atoms with van der Waals surface area (Å²) in [6, 6.07) is 7.33. The van der Waals surface area contributed by atoms with Crippen LogP contribution in [0.2, 0.25) is 0 Å². The largest absolute Gasteiger partial charge is 0.444 e. The van der Waals surface area contributed by atoms with Crippen LogP contribution in [0.5, 0.6) is 0 Å². The van der Waals surface area contributed by atoms with Crippen LogP contribution in [0.1, 0.15) is 39.2 Å². The van der Waals surface area contributed by atoms with Crippen molar-refractivity contribution in [3.8, 4) is 0 Å². The summed E-state index contributed by atoms with van der Waals surface area (Å²) in [6.07, 6.45) is 6.02. The van der Waals surface area contributed by atoms with Gasteiger partial charge in [0.05, 0.1) is 4.91 Å². The van der Waals surface area contributed by atoms with Crippen LogP contribution >= 0.6 is 15.9 Å². The van der Waals surface area contributed by atoms with Gasteiger partial charge >= 0.3 is 6.09 Å². The molecule has 0 saturated carbocycles. The van der Waals surface area contributed by atoms with Gasteiger partial charge in [-0.15, -0.1) is 0 Å². The molecule has 0 aliphatic heterocycles. The molecular formula is C19H24BrNO4S. The van der Waals surface area contributed by atoms with Crippen LogP contribution in [0.15, 0.2) is 51.9 Å². The molecule has 1 aliphatic rings. The van der Waals surface area contributed by atoms with Crippen molar-refractivity contribution in [2.24, 2.45) is 0 Å². The third kappa shape index (κ3) is 5.99. The van der Waals surface area contributed by atoms with Crippen molar-refractivity contribution in [1.82, 2.24) is 5.32 Å². The highest BCUT2D eigenvalue weighted by molar-refractivity contribution is 9.10. The van der Waals surface area contributed by atoms with Gasteiger partial charge in [-0.2, -0.15) is 0 Å². The van der Waals surface area contributed by atoms with Gasteiger partial charge in [-0.25, -0.2) is 13.2 Å². The lowest BCUT2D eigenvalue weighted by atomic mass is 10.1. The van der Waals surface area contributed by atoms with Crippen LogP contribution in [0.25, 0.3) is 0 Å². The van der Waals surface area contributed by atoms with E-state index in [0.29, 0.717) is 6.42 Å². The number of carbonyl (C=O) groups is 1. The van der Waals surface area contributed by atoms with E-state index in [9.17, 15) is 13.2 Å². The summed E-state index contributed by atoms with van der Waals surface area (Å²) in [5, 5.41) is 1.43. The second-order valence-corrected chi connectivity index (χ2v) is 10.1. The Labute approximate surface area is 163 Å². The molecule has 0 heterocycles. The molecule has 1 aromatic rings. The molecule has 1 atom stereocenters. The Bertz CT molecular complexity index is 805. The summed E-state index contributed by atoms with van der Waals surface area (Å²) >= 11 is 3.36. The monoisotopic (exact) mass is 441 g/mol. The van der Waals surface area contributed by atoms with E-state index in [0.717, 1.165) is 16.5 Å². The van der Waals surface area contributed by atoms with E-state index in [1.807, 2.05) is 30.3 Å². The number of alkyl carbamates (subject to hydrolysis) is 1. The molecule has 0 fully saturated rings. The van der Waals surface area contributed by atoms with Gasteiger partial charge in [0, 0.05) is 10.9 Å². The Morgan fingerprint density at radius 3 is 2.42 bits per heavy atom. The van der Waals surface area contributed by atoms with E-state index in [4.69, 9.17) is 4.74 Å². The minimum absolute atomic E-state index is 0.153. The van der Waals surface area contributed by atoms with Gasteiger partial charge in [0.15, 0.2) is 9.84 Å². The zero-order valence-corrected chi connectivity index (χ0v) is 17.6. The van der Waals surface area contributed by atoms with Crippen molar-refractivity contribution in [2.45, 2.75) is 51.0 Å². The Morgan fingerprint density at radius 2 is 1.88 bits per heavy atom. The first-order valence-corrected chi connectivity index (χ1v) is 10.8. The van der Waals surface area contributed by atoms with E-state index >= 15 is 0 Å². The first-order chi connectivity index (χ1) is 12.1. The molecule has 0 spiro atoms. The number of sulfone groups is 1. The van der Waals surface area contributed by atoms with E-state index in [1.54, 1.807) is 32.9 Å². The molecule has 26 heavy (non-hydrogen) atoms. The van der Waals surface area contributed by atoms with Crippen LogP contribution in [0.4, 0.5) is 4.79 Å². The number of rotatable bonds is 5. The molecule has 7 heteroatoms. The lowest BCUT2D eigenvalue weighted by Crippen LogP contribution is -2.45. The number of hydrogen-bond acceptors (Lipinski definition) is 4. The van der Waals surface area contributed by atoms with Gasteiger partial charge in [-0.1, -0.05) is 40.2 Å². The summed E-state index contributed by atoms with van der Waals surface area (Å²) in [7, 11) is -3.73. The van der Waals surface area contributed by atoms with Crippen LogP contribution in [0, 0.1) is 0 Å². The molecule has 0 radical (unpaired) electrons. The predicted molar refractivity (Wildman–Crippen MR) is 106 cm³/mol. The topological polar surface area (TPSA) is 72.5 Å². The first-order valence-electron chi connectivity index (χ1n) is 8.42. The van der Waals surface area contributed by atoms with Crippen molar-refractivity contribution in [3.05, 3.63) is 57.4 Å². The van der Waals surface area contributed by atoms with E-state index < -0.39 is 26.9 Å². The fourth-order valence-corrected chi connectivity index (χ4v) is 4.37. The maximum absolute atomic E-state index is 13.1. The number of allylic oxidation sites excluding steroid dienone is 3. The minimum Gasteiger partial charge on any atom is -0.444 e. The van der Waals surface area contributed by atoms with Gasteiger partial charge < -0.3 is 10.1 Å². The average molecular weight is 442 g/mol. The Morgan fingerprint density at radius 1 is 1.23 bits per heavy atom. The highest BCUT2D eigenvalue weighted by Gasteiger charge is 2.32. The third-order valence-corrected chi connectivity index (χ3v) is 6.20. The molecule has 1 amide bonds. The molecule has 0 aromatic heterocycles. The van der Waals surface area contributed by atoms with Gasteiger partial charge in [-0.3, -0.25) is 0 Å². The van der Waals surface area contributed by atoms with Crippen LogP contribution in [-0.4, -0.2) is 25.5 Å². The minimum atomic E-state index is -3.73. The Kier molecular flexibility index (Phi) is 6.69. The fourth-order valence-electron chi connectivity index (χ4n) is 2.48. The summed E-state index contributed by atoms with van der Waals surface area (Å²) in [6.45, 7) is 5.20. The second-order valence-electron chi connectivity index (χ2n) is 7.10. The predicted octanol–water partition coefficient (Wildman–Crippen LogP) is 4.49. The van der Waals surface area contributed by atoms with E-state index in [2.05, 4.69) is 21.2 Å². The first kappa shape index (κ1) is 20.7. The lowest BCUT2D eigenvalue weighted by molar-refractivity contribution is 0.0520. The highest BCUT2D eigenvalue weighted by atomic mass is 79.9. The zero-order valence-electron chi connectivity index (χ0n) is 15.2. The fraction of sp³-hybridized carbons (Fsp3) is 0.421. The number of benzene rings is 1. The molecular weight excluding hydrogens is 418 g/mol. The number of halogens is 1. The molecule has 142 valence electrons. The van der Waals surface area contributed by atoms with Gasteiger partial charge in [0.25, 0.3) is 0 Å². The molecule has 2 rings (SSSR count). The molecule has 1 aromatic carbocycles. The molecule has 1 N–H and O–H groups in total. The lowest BCUT2D eigenvalue weighted by Gasteiger charge is -2.24. The SMILES string of the molecule is CC(C)(C)OC(=O)NC(Cc1ccc(Br)cc1)S(=O)(=O)C1=CCCC=C1. The quantitative estimate of drug-likeness (QED) is 0.730. The summed E-state index contributed by atoms with van der Waals surface area (Å²) in [5.41, 5.74) is 0.0956. The number of carbonyl (C=O) groups excluding carboxylic acids is 1. The maximum atomic E-state index is 13.1. The zero-order chi connectivity index (χ0) is 19.4. The van der Waals surface area contributed by atoms with Crippen molar-refractivity contribution in [3.63, 3.8) is 0 Å². The summed E-state index contributed by atoms with van der Waals surface area (Å²) in [4.78, 5) is 12.4. The van der Waals surface area contributed by atoms with Gasteiger partial charge in [-0.05, 0) is 57.4 Å². The normalized spacial score (nSPS) is 15.9. The van der Waals surface area contributed by atoms with Crippen molar-refractivity contribution in [1.29, 1.82) is 0 Å². The standard InChI is InChI=1S/C19H24BrNO4S/c1-19(2,3)25-18(22)21-17(13-14-9-11-15(20)12-10-14)26(23,24)16-7-5-4-6-8-16/h5,7-12,17H,4,6,13H2,1-3H3,(H,21,22). The third-order valence-electron chi connectivity index (χ3n) is 3.68. The highest BCUT2D eigenvalue weighted by Crippen LogP contribution is 2.23. The molecule has 5 nitrogen and oxygen atoms in total. The molecule has 0 bridgehead atoms. The van der Waals surface area contributed by atoms with Gasteiger partial charge in [0.2, 0.25) is 0 Å². The average Bonchev–Trinajstić information content (AvgIpc) is 2.55. The number of ether oxygens (including phenoxy) is 1. The number of hydrogen-bond donors (Lipinski definition) is 1. The van der Waals surface area contributed by atoms with Crippen LogP contribution < -0.4 is 5.32 Å². The van der Waals surface area contributed by atoms with E-state index in [1.165, 1.54) is 0 Å². The van der Waals surface area contributed by atoms with Crippen molar-refractivity contribution >= 4 is 31.9 Å². The van der Waals surface area contributed by atoms with Crippen LogP contribution in [0.3, 0.4) is 0 Å². The van der Waals surface area contributed by atoms with Gasteiger partial charge in [0.1, 0.15) is 11.0 Å². The van der Waals surface area contributed by atoms with Crippen LogP contribution in [-0.2, 0) is 21.0 Å². The number of amides is 1. The van der Waals surface area contributed by atoms with Crippen molar-refractivity contribution < 1.29 is 17.9 Å². The smallest absolute Gasteiger partial charge is 0.408 e. The Balaban J connectivity index is 2.28. The van der Waals surface area contributed by atoms with Crippen molar-refractivity contribution in [2.75, 3.05) is 0 Å². The second kappa shape index (κ2) is 8.39. The summed E-state index contributed by atoms with van der Waals surface area (Å²) < 4.78 is 32.3. The van der Waals surface area contributed by atoms with E-state index in [-0.39, 0.29) is 11.3 Å². The molecule has 1 aliphatic carbocycles. The number of nitrogens with one attached hydrogen (secondary N) is 1. The maximum Gasteiger partial charge on any atom is 0.408 e. The summed E-state index contributed by atoms with van der Waals surface area (Å²) in [5.74, 6) is 0. The molecule has 0 saturated heterocycles. The Hall–Kier alpha value is -1.60.